The number of hydrogen-bond acceptors (Lipinski definition) is 2. The first-order valence-electron chi connectivity index (χ1n) is 6.92. The summed E-state index contributed by atoms with van der Waals surface area (Å²) in [6.07, 6.45) is -10.9. The standard InChI is InChI=1S/C15H13F9O2/c1-8(25)9-3-5-10(6-4-9)11(26-2)7-12(16,17)13(18,19)14(20,21)15(22,23)24/h3-6,11H,7H2,1-2H3. The highest BCUT2D eigenvalue weighted by molar-refractivity contribution is 5.94. The third-order valence-corrected chi connectivity index (χ3v) is 3.63. The molecule has 0 aliphatic carbocycles. The molecule has 0 aliphatic rings. The number of carbonyl (C=O) groups excluding carboxylic acids is 1. The first kappa shape index (κ1) is 22.3. The molecule has 26 heavy (non-hydrogen) atoms. The summed E-state index contributed by atoms with van der Waals surface area (Å²) in [6.45, 7) is 1.19. The Morgan fingerprint density at radius 1 is 0.923 bits per heavy atom. The van der Waals surface area contributed by atoms with Crippen LogP contribution in [0.4, 0.5) is 39.5 Å². The van der Waals surface area contributed by atoms with Gasteiger partial charge in [-0.05, 0) is 12.5 Å². The predicted octanol–water partition coefficient (Wildman–Crippen LogP) is 5.44. The molecule has 1 aromatic rings. The molecule has 148 valence electrons. The van der Waals surface area contributed by atoms with Gasteiger partial charge in [-0.15, -0.1) is 0 Å². The largest absolute Gasteiger partial charge is 0.460 e. The van der Waals surface area contributed by atoms with Gasteiger partial charge in [-0.1, -0.05) is 24.3 Å². The van der Waals surface area contributed by atoms with E-state index < -0.39 is 42.3 Å². The van der Waals surface area contributed by atoms with Crippen molar-refractivity contribution in [3.63, 3.8) is 0 Å². The molecule has 1 aromatic carbocycles. The minimum absolute atomic E-state index is 0.143. The van der Waals surface area contributed by atoms with E-state index in [9.17, 15) is 44.3 Å². The van der Waals surface area contributed by atoms with Gasteiger partial charge in [-0.2, -0.15) is 39.5 Å². The number of ether oxygens (including phenoxy) is 1. The van der Waals surface area contributed by atoms with Crippen LogP contribution in [0.1, 0.15) is 35.4 Å². The first-order valence-corrected chi connectivity index (χ1v) is 6.92. The summed E-state index contributed by atoms with van der Waals surface area (Å²) in [5.74, 6) is -19.8. The summed E-state index contributed by atoms with van der Waals surface area (Å²) >= 11 is 0. The lowest BCUT2D eigenvalue weighted by atomic mass is 9.94. The van der Waals surface area contributed by atoms with Crippen LogP contribution in [0.2, 0.25) is 0 Å². The molecule has 1 rings (SSSR count). The van der Waals surface area contributed by atoms with Gasteiger partial charge < -0.3 is 4.74 Å². The SMILES string of the molecule is COC(CC(F)(F)C(F)(F)C(F)(F)C(F)(F)F)c1ccc(C(C)=O)cc1. The molecule has 0 aliphatic heterocycles. The third kappa shape index (κ3) is 3.97. The highest BCUT2D eigenvalue weighted by Crippen LogP contribution is 2.55. The van der Waals surface area contributed by atoms with Gasteiger partial charge in [0.05, 0.1) is 6.10 Å². The fourth-order valence-electron chi connectivity index (χ4n) is 2.04. The minimum atomic E-state index is -6.94. The number of carbonyl (C=O) groups is 1. The lowest BCUT2D eigenvalue weighted by Crippen LogP contribution is -2.61. The van der Waals surface area contributed by atoms with E-state index in [4.69, 9.17) is 0 Å². The molecule has 0 spiro atoms. The molecule has 0 aromatic heterocycles. The van der Waals surface area contributed by atoms with Gasteiger partial charge in [0.15, 0.2) is 5.78 Å². The monoisotopic (exact) mass is 396 g/mol. The molecule has 0 radical (unpaired) electrons. The van der Waals surface area contributed by atoms with Crippen LogP contribution >= 0.6 is 0 Å². The minimum Gasteiger partial charge on any atom is -0.377 e. The van der Waals surface area contributed by atoms with Gasteiger partial charge in [0.2, 0.25) is 0 Å². The summed E-state index contributed by atoms with van der Waals surface area (Å²) in [6, 6.07) is 4.37. The lowest BCUT2D eigenvalue weighted by Gasteiger charge is -2.35. The molecular formula is C15H13F9O2. The molecule has 0 bridgehead atoms. The average molecular weight is 396 g/mol. The van der Waals surface area contributed by atoms with Gasteiger partial charge in [-0.3, -0.25) is 4.79 Å². The number of hydrogen-bond donors (Lipinski definition) is 0. The van der Waals surface area contributed by atoms with E-state index in [2.05, 4.69) is 4.74 Å². The maximum Gasteiger partial charge on any atom is 0.460 e. The highest BCUT2D eigenvalue weighted by atomic mass is 19.4. The van der Waals surface area contributed by atoms with Crippen molar-refractivity contribution in [1.29, 1.82) is 0 Å². The normalized spacial score (nSPS) is 15.0. The maximum atomic E-state index is 13.7. The molecule has 0 saturated heterocycles. The third-order valence-electron chi connectivity index (χ3n) is 3.63. The second-order valence-electron chi connectivity index (χ2n) is 5.46. The van der Waals surface area contributed by atoms with E-state index in [1.807, 2.05) is 0 Å². The fourth-order valence-corrected chi connectivity index (χ4v) is 2.04. The molecule has 0 amide bonds. The average Bonchev–Trinajstić information content (AvgIpc) is 2.51. The quantitative estimate of drug-likeness (QED) is 0.454. The molecular weight excluding hydrogens is 383 g/mol. The molecule has 2 nitrogen and oxygen atoms in total. The number of methoxy groups -OCH3 is 1. The van der Waals surface area contributed by atoms with Crippen molar-refractivity contribution in [2.24, 2.45) is 0 Å². The van der Waals surface area contributed by atoms with E-state index in [1.165, 1.54) is 6.92 Å². The van der Waals surface area contributed by atoms with E-state index in [0.717, 1.165) is 31.4 Å². The number of Topliss-reactive ketones (excluding diaryl/α,β-unsaturated/α-hetero) is 1. The van der Waals surface area contributed by atoms with Crippen LogP contribution in [0.25, 0.3) is 0 Å². The van der Waals surface area contributed by atoms with Gasteiger partial charge in [0, 0.05) is 19.1 Å². The van der Waals surface area contributed by atoms with Crippen LogP contribution in [0.5, 0.6) is 0 Å². The van der Waals surface area contributed by atoms with E-state index in [1.54, 1.807) is 0 Å². The van der Waals surface area contributed by atoms with Crippen LogP contribution in [0, 0.1) is 0 Å². The summed E-state index contributed by atoms with van der Waals surface area (Å²) in [4.78, 5) is 11.1. The van der Waals surface area contributed by atoms with E-state index >= 15 is 0 Å². The first-order chi connectivity index (χ1) is 11.6. The van der Waals surface area contributed by atoms with Crippen LogP contribution < -0.4 is 0 Å². The van der Waals surface area contributed by atoms with Gasteiger partial charge >= 0.3 is 23.9 Å². The van der Waals surface area contributed by atoms with Crippen LogP contribution in [-0.2, 0) is 4.74 Å². The summed E-state index contributed by atoms with van der Waals surface area (Å²) < 4.78 is 121. The Labute approximate surface area is 141 Å². The fraction of sp³-hybridized carbons (Fsp3) is 0.533. The molecule has 1 unspecified atom stereocenters. The second-order valence-corrected chi connectivity index (χ2v) is 5.46. The van der Waals surface area contributed by atoms with Crippen LogP contribution in [0.3, 0.4) is 0 Å². The van der Waals surface area contributed by atoms with E-state index in [0.29, 0.717) is 0 Å². The highest BCUT2D eigenvalue weighted by Gasteiger charge is 2.81. The zero-order valence-corrected chi connectivity index (χ0v) is 13.3. The Hall–Kier alpha value is -1.78. The van der Waals surface area contributed by atoms with E-state index in [-0.39, 0.29) is 11.1 Å². The second kappa shape index (κ2) is 7.09. The number of rotatable bonds is 7. The predicted molar refractivity (Wildman–Crippen MR) is 71.7 cm³/mol. The Morgan fingerprint density at radius 3 is 1.73 bits per heavy atom. The molecule has 11 heteroatoms. The van der Waals surface area contributed by atoms with Crippen LogP contribution in [-0.4, -0.2) is 36.8 Å². The maximum absolute atomic E-state index is 13.7. The van der Waals surface area contributed by atoms with Crippen molar-refractivity contribution in [1.82, 2.24) is 0 Å². The van der Waals surface area contributed by atoms with Gasteiger partial charge in [-0.25, -0.2) is 0 Å². The zero-order valence-electron chi connectivity index (χ0n) is 13.3. The van der Waals surface area contributed by atoms with Crippen molar-refractivity contribution >= 4 is 5.78 Å². The lowest BCUT2D eigenvalue weighted by molar-refractivity contribution is -0.398. The number of alkyl halides is 9. The zero-order chi connectivity index (χ0) is 20.6. The Balaban J connectivity index is 3.17. The Bertz CT molecular complexity index is 636. The van der Waals surface area contributed by atoms with Crippen LogP contribution in [0.15, 0.2) is 24.3 Å². The molecule has 0 heterocycles. The number of ketones is 1. The molecule has 1 atom stereocenters. The molecule has 0 N–H and O–H groups in total. The smallest absolute Gasteiger partial charge is 0.377 e. The van der Waals surface area contributed by atoms with Crippen molar-refractivity contribution in [3.8, 4) is 0 Å². The van der Waals surface area contributed by atoms with Crippen molar-refractivity contribution in [3.05, 3.63) is 35.4 Å². The Kier molecular flexibility index (Phi) is 6.07. The number of halogens is 9. The number of benzene rings is 1. The molecule has 0 saturated carbocycles. The summed E-state index contributed by atoms with van der Waals surface area (Å²) in [5.41, 5.74) is -0.0624. The summed E-state index contributed by atoms with van der Waals surface area (Å²) in [5, 5.41) is 0. The van der Waals surface area contributed by atoms with Crippen molar-refractivity contribution in [2.75, 3.05) is 7.11 Å². The van der Waals surface area contributed by atoms with Crippen molar-refractivity contribution < 1.29 is 49.0 Å². The van der Waals surface area contributed by atoms with Crippen molar-refractivity contribution in [2.45, 2.75) is 43.4 Å². The summed E-state index contributed by atoms with van der Waals surface area (Å²) in [7, 11) is 0.791. The topological polar surface area (TPSA) is 26.3 Å². The van der Waals surface area contributed by atoms with Gasteiger partial charge in [0.1, 0.15) is 0 Å². The molecule has 0 fully saturated rings. The van der Waals surface area contributed by atoms with Gasteiger partial charge in [0.25, 0.3) is 0 Å². The Morgan fingerprint density at radius 2 is 1.38 bits per heavy atom.